The molecule has 0 aromatic carbocycles. The summed E-state index contributed by atoms with van der Waals surface area (Å²) >= 11 is 0. The summed E-state index contributed by atoms with van der Waals surface area (Å²) in [6.45, 7) is 5.25. The van der Waals surface area contributed by atoms with Crippen LogP contribution in [-0.4, -0.2) is 47.5 Å². The Morgan fingerprint density at radius 1 is 1.41 bits per heavy atom. The predicted molar refractivity (Wildman–Crippen MR) is 99.4 cm³/mol. The molecule has 3 heterocycles. The van der Waals surface area contributed by atoms with Crippen LogP contribution in [0.15, 0.2) is 15.8 Å². The molecule has 2 aliphatic rings. The number of carbonyl (C=O) groups excluding carboxylic acids is 1. The van der Waals surface area contributed by atoms with Crippen molar-refractivity contribution in [2.45, 2.75) is 52.0 Å². The van der Waals surface area contributed by atoms with Gasteiger partial charge in [-0.1, -0.05) is 6.92 Å². The van der Waals surface area contributed by atoms with E-state index in [1.54, 1.807) is 20.8 Å². The molecular weight excluding hydrogens is 407 g/mol. The molecule has 12 heteroatoms. The Balaban J connectivity index is 1.58. The maximum atomic E-state index is 12.7. The van der Waals surface area contributed by atoms with Crippen LogP contribution in [0.3, 0.4) is 0 Å². The van der Waals surface area contributed by atoms with E-state index in [0.29, 0.717) is 12.0 Å². The molecule has 0 aliphatic carbocycles. The van der Waals surface area contributed by atoms with E-state index in [2.05, 4.69) is 4.98 Å². The van der Waals surface area contributed by atoms with Crippen molar-refractivity contribution < 1.29 is 32.4 Å². The van der Waals surface area contributed by atoms with Gasteiger partial charge in [-0.3, -0.25) is 32.7 Å². The Bertz CT molecular complexity index is 911. The zero-order chi connectivity index (χ0) is 21.2. The third-order valence-corrected chi connectivity index (χ3v) is 6.28. The van der Waals surface area contributed by atoms with Gasteiger partial charge in [0.05, 0.1) is 25.7 Å². The van der Waals surface area contributed by atoms with Gasteiger partial charge in [-0.25, -0.2) is 9.36 Å². The SMILES string of the molecule is CCOC(=O)C(C)CCOP1(=O)OC[C@@H]2O[C@H](n3cc(C)c(=O)[nH]c3=O)C[C@H]2O1. The molecule has 5 atom stereocenters. The fourth-order valence-electron chi connectivity index (χ4n) is 3.10. The summed E-state index contributed by atoms with van der Waals surface area (Å²) in [7, 11) is -3.81. The minimum atomic E-state index is -3.81. The Hall–Kier alpha value is -1.78. The smallest absolute Gasteiger partial charge is 0.466 e. The summed E-state index contributed by atoms with van der Waals surface area (Å²) < 4.78 is 40.7. The van der Waals surface area contributed by atoms with E-state index in [9.17, 15) is 18.9 Å². The van der Waals surface area contributed by atoms with E-state index >= 15 is 0 Å². The number of nitrogens with one attached hydrogen (secondary N) is 1. The molecule has 2 fully saturated rings. The highest BCUT2D eigenvalue weighted by Gasteiger charge is 2.48. The zero-order valence-electron chi connectivity index (χ0n) is 16.5. The number of phosphoric acid groups is 1. The Kier molecular flexibility index (Phi) is 6.75. The third-order valence-electron chi connectivity index (χ3n) is 4.79. The number of aryl methyl sites for hydroxylation is 1. The number of rotatable bonds is 7. The lowest BCUT2D eigenvalue weighted by Crippen LogP contribution is -2.34. The van der Waals surface area contributed by atoms with Crippen molar-refractivity contribution in [2.24, 2.45) is 5.92 Å². The lowest BCUT2D eigenvalue weighted by Gasteiger charge is -2.29. The van der Waals surface area contributed by atoms with Gasteiger partial charge in [0.25, 0.3) is 5.56 Å². The Morgan fingerprint density at radius 3 is 2.90 bits per heavy atom. The normalized spacial score (nSPS) is 30.0. The standard InChI is InChI=1S/C17H25N2O9P/c1-4-24-16(21)10(2)5-6-25-29(23)26-9-13-12(28-29)7-14(27-13)19-8-11(3)15(20)18-17(19)22/h8,10,12-14H,4-7,9H2,1-3H3,(H,18,20,22)/t10?,12-,13+,14+,29?/m1/s1. The van der Waals surface area contributed by atoms with Crippen LogP contribution in [0, 0.1) is 12.8 Å². The maximum Gasteiger partial charge on any atom is 0.475 e. The molecule has 2 aliphatic heterocycles. The first kappa shape index (κ1) is 21.9. The molecule has 162 valence electrons. The molecule has 3 rings (SSSR count). The second-order valence-corrected chi connectivity index (χ2v) is 8.63. The van der Waals surface area contributed by atoms with Crippen LogP contribution >= 0.6 is 7.82 Å². The summed E-state index contributed by atoms with van der Waals surface area (Å²) in [4.78, 5) is 37.4. The average molecular weight is 432 g/mol. The fourth-order valence-corrected chi connectivity index (χ4v) is 4.51. The molecule has 0 radical (unpaired) electrons. The summed E-state index contributed by atoms with van der Waals surface area (Å²) in [5, 5.41) is 0. The average Bonchev–Trinajstić information content (AvgIpc) is 3.07. The first-order chi connectivity index (χ1) is 13.7. The second-order valence-electron chi connectivity index (χ2n) is 7.01. The van der Waals surface area contributed by atoms with Gasteiger partial charge in [-0.05, 0) is 20.3 Å². The van der Waals surface area contributed by atoms with E-state index < -0.39 is 43.4 Å². The molecule has 1 aromatic rings. The molecule has 1 N–H and O–H groups in total. The monoisotopic (exact) mass is 432 g/mol. The van der Waals surface area contributed by atoms with E-state index in [-0.39, 0.29) is 32.2 Å². The highest BCUT2D eigenvalue weighted by Crippen LogP contribution is 2.56. The number of hydrogen-bond donors (Lipinski definition) is 1. The predicted octanol–water partition coefficient (Wildman–Crippen LogP) is 1.26. The number of hydrogen-bond acceptors (Lipinski definition) is 9. The molecule has 2 unspecified atom stereocenters. The number of phosphoric ester groups is 1. The first-order valence-electron chi connectivity index (χ1n) is 9.44. The number of fused-ring (bicyclic) bond motifs is 1. The summed E-state index contributed by atoms with van der Waals surface area (Å²) in [5.41, 5.74) is -0.696. The molecule has 0 saturated carbocycles. The summed E-state index contributed by atoms with van der Waals surface area (Å²) in [6.07, 6.45) is 0.147. The van der Waals surface area contributed by atoms with Crippen LogP contribution < -0.4 is 11.2 Å². The van der Waals surface area contributed by atoms with Gasteiger partial charge in [0.1, 0.15) is 18.4 Å². The number of carbonyl (C=O) groups is 1. The van der Waals surface area contributed by atoms with Gasteiger partial charge in [0.15, 0.2) is 0 Å². The lowest BCUT2D eigenvalue weighted by molar-refractivity contribution is -0.147. The fraction of sp³-hybridized carbons (Fsp3) is 0.706. The highest BCUT2D eigenvalue weighted by molar-refractivity contribution is 7.48. The molecule has 29 heavy (non-hydrogen) atoms. The van der Waals surface area contributed by atoms with Gasteiger partial charge in [0, 0.05) is 18.2 Å². The minimum Gasteiger partial charge on any atom is -0.466 e. The zero-order valence-corrected chi connectivity index (χ0v) is 17.4. The van der Waals surface area contributed by atoms with Crippen LogP contribution in [0.5, 0.6) is 0 Å². The van der Waals surface area contributed by atoms with Crippen molar-refractivity contribution in [1.82, 2.24) is 9.55 Å². The Labute approximate surface area is 166 Å². The molecule has 11 nitrogen and oxygen atoms in total. The van der Waals surface area contributed by atoms with Crippen LogP contribution in [0.4, 0.5) is 0 Å². The van der Waals surface area contributed by atoms with Gasteiger partial charge in [0.2, 0.25) is 0 Å². The van der Waals surface area contributed by atoms with E-state index in [0.717, 1.165) is 0 Å². The van der Waals surface area contributed by atoms with Gasteiger partial charge in [-0.2, -0.15) is 0 Å². The first-order valence-corrected chi connectivity index (χ1v) is 10.9. The summed E-state index contributed by atoms with van der Waals surface area (Å²) in [6, 6.07) is 0. The number of nitrogens with zero attached hydrogens (tertiary/aromatic N) is 1. The number of aromatic amines is 1. The molecule has 0 bridgehead atoms. The molecule has 0 spiro atoms. The van der Waals surface area contributed by atoms with Crippen molar-refractivity contribution in [1.29, 1.82) is 0 Å². The minimum absolute atomic E-state index is 0.00247. The van der Waals surface area contributed by atoms with Crippen LogP contribution in [0.25, 0.3) is 0 Å². The van der Waals surface area contributed by atoms with E-state index in [1.807, 2.05) is 0 Å². The highest BCUT2D eigenvalue weighted by atomic mass is 31.2. The van der Waals surface area contributed by atoms with E-state index in [1.165, 1.54) is 10.8 Å². The van der Waals surface area contributed by atoms with E-state index in [4.69, 9.17) is 23.0 Å². The number of aromatic nitrogens is 2. The number of esters is 1. The summed E-state index contributed by atoms with van der Waals surface area (Å²) in [5.74, 6) is -0.762. The Morgan fingerprint density at radius 2 is 2.17 bits per heavy atom. The van der Waals surface area contributed by atoms with Crippen molar-refractivity contribution in [3.05, 3.63) is 32.6 Å². The van der Waals surface area contributed by atoms with Crippen LogP contribution in [0.2, 0.25) is 0 Å². The van der Waals surface area contributed by atoms with Gasteiger partial charge < -0.3 is 9.47 Å². The number of ether oxygens (including phenoxy) is 2. The number of H-pyrrole nitrogens is 1. The molecule has 2 saturated heterocycles. The van der Waals surface area contributed by atoms with Gasteiger partial charge >= 0.3 is 19.5 Å². The van der Waals surface area contributed by atoms with Crippen LogP contribution in [0.1, 0.15) is 38.5 Å². The molecular formula is C17H25N2O9P. The second kappa shape index (κ2) is 8.93. The topological polar surface area (TPSA) is 135 Å². The lowest BCUT2D eigenvalue weighted by atomic mass is 10.1. The molecule has 0 amide bonds. The van der Waals surface area contributed by atoms with Gasteiger partial charge in [-0.15, -0.1) is 0 Å². The van der Waals surface area contributed by atoms with Crippen LogP contribution in [-0.2, 0) is 32.4 Å². The molecule has 1 aromatic heterocycles. The van der Waals surface area contributed by atoms with Crippen molar-refractivity contribution in [3.63, 3.8) is 0 Å². The quantitative estimate of drug-likeness (QED) is 0.499. The van der Waals surface area contributed by atoms with Crippen molar-refractivity contribution in [2.75, 3.05) is 19.8 Å². The van der Waals surface area contributed by atoms with Crippen molar-refractivity contribution in [3.8, 4) is 0 Å². The third kappa shape index (κ3) is 5.04. The maximum absolute atomic E-state index is 12.7. The largest absolute Gasteiger partial charge is 0.475 e. The van der Waals surface area contributed by atoms with Crippen molar-refractivity contribution >= 4 is 13.8 Å².